The summed E-state index contributed by atoms with van der Waals surface area (Å²) in [5.74, 6) is 0.558. The highest BCUT2D eigenvalue weighted by atomic mass is 35.5. The zero-order valence-electron chi connectivity index (χ0n) is 8.10. The van der Waals surface area contributed by atoms with Crippen LogP contribution in [0.25, 0.3) is 0 Å². The van der Waals surface area contributed by atoms with E-state index in [0.717, 1.165) is 12.8 Å². The van der Waals surface area contributed by atoms with Crippen LogP contribution in [0.5, 0.6) is 5.75 Å². The molecule has 0 aromatic heterocycles. The Labute approximate surface area is 104 Å². The van der Waals surface area contributed by atoms with Gasteiger partial charge in [-0.25, -0.2) is 0 Å². The van der Waals surface area contributed by atoms with Gasteiger partial charge in [0, 0.05) is 6.07 Å². The summed E-state index contributed by atoms with van der Waals surface area (Å²) in [6.07, 6.45) is 1.83. The molecular weight excluding hydrogens is 256 g/mol. The summed E-state index contributed by atoms with van der Waals surface area (Å²) in [5, 5.41) is 1.34. The lowest BCUT2D eigenvalue weighted by Gasteiger charge is -2.08. The Morgan fingerprint density at radius 2 is 1.67 bits per heavy atom. The third kappa shape index (κ3) is 4.07. The van der Waals surface area contributed by atoms with Crippen molar-refractivity contribution >= 4 is 34.8 Å². The van der Waals surface area contributed by atoms with Gasteiger partial charge in [0.05, 0.1) is 21.7 Å². The number of halogens is 3. The van der Waals surface area contributed by atoms with Crippen LogP contribution in [0, 0.1) is 0 Å². The van der Waals surface area contributed by atoms with Crippen LogP contribution in [0.1, 0.15) is 12.8 Å². The van der Waals surface area contributed by atoms with Crippen molar-refractivity contribution in [2.75, 3.05) is 13.2 Å². The van der Waals surface area contributed by atoms with Crippen LogP contribution in [0.3, 0.4) is 0 Å². The normalized spacial score (nSPS) is 10.4. The van der Waals surface area contributed by atoms with E-state index in [1.807, 2.05) is 0 Å². The number of nitrogens with two attached hydrogens (primary N) is 1. The van der Waals surface area contributed by atoms with Crippen LogP contribution < -0.4 is 10.5 Å². The van der Waals surface area contributed by atoms with Crippen LogP contribution in [-0.2, 0) is 0 Å². The molecule has 0 fully saturated rings. The first-order chi connectivity index (χ1) is 7.15. The van der Waals surface area contributed by atoms with Gasteiger partial charge in [-0.3, -0.25) is 0 Å². The topological polar surface area (TPSA) is 35.2 Å². The molecule has 0 aliphatic rings. The highest BCUT2D eigenvalue weighted by Gasteiger charge is 2.06. The molecule has 15 heavy (non-hydrogen) atoms. The van der Waals surface area contributed by atoms with Gasteiger partial charge in [-0.2, -0.15) is 0 Å². The standard InChI is InChI=1S/C10H12Cl3NO/c11-7-5-9(13)10(6-8(7)12)15-4-2-1-3-14/h5-6H,1-4,14H2. The summed E-state index contributed by atoms with van der Waals surface area (Å²) in [7, 11) is 0. The van der Waals surface area contributed by atoms with E-state index in [9.17, 15) is 0 Å². The molecular formula is C10H12Cl3NO. The van der Waals surface area contributed by atoms with Crippen molar-refractivity contribution in [3.05, 3.63) is 27.2 Å². The van der Waals surface area contributed by atoms with E-state index >= 15 is 0 Å². The third-order valence-electron chi connectivity index (χ3n) is 1.83. The van der Waals surface area contributed by atoms with Gasteiger partial charge in [0.15, 0.2) is 0 Å². The Morgan fingerprint density at radius 1 is 1.00 bits per heavy atom. The first-order valence-corrected chi connectivity index (χ1v) is 5.76. The van der Waals surface area contributed by atoms with Crippen LogP contribution >= 0.6 is 34.8 Å². The van der Waals surface area contributed by atoms with Crippen molar-refractivity contribution in [2.45, 2.75) is 12.8 Å². The maximum absolute atomic E-state index is 5.92. The minimum Gasteiger partial charge on any atom is -0.492 e. The van der Waals surface area contributed by atoms with Crippen molar-refractivity contribution in [2.24, 2.45) is 5.73 Å². The smallest absolute Gasteiger partial charge is 0.139 e. The second-order valence-corrected chi connectivity index (χ2v) is 4.26. The third-order valence-corrected chi connectivity index (χ3v) is 2.85. The number of ether oxygens (including phenoxy) is 1. The maximum atomic E-state index is 5.92. The molecule has 0 aliphatic heterocycles. The molecule has 0 aliphatic carbocycles. The zero-order chi connectivity index (χ0) is 11.3. The van der Waals surface area contributed by atoms with Gasteiger partial charge >= 0.3 is 0 Å². The fourth-order valence-electron chi connectivity index (χ4n) is 1.04. The summed E-state index contributed by atoms with van der Waals surface area (Å²) < 4.78 is 5.44. The van der Waals surface area contributed by atoms with Gasteiger partial charge in [0.1, 0.15) is 5.75 Å². The number of hydrogen-bond acceptors (Lipinski definition) is 2. The van der Waals surface area contributed by atoms with E-state index in [1.54, 1.807) is 12.1 Å². The van der Waals surface area contributed by atoms with Crippen molar-refractivity contribution in [1.29, 1.82) is 0 Å². The summed E-state index contributed by atoms with van der Waals surface area (Å²) in [4.78, 5) is 0. The Balaban J connectivity index is 2.57. The Hall–Kier alpha value is -0.150. The number of hydrogen-bond donors (Lipinski definition) is 1. The van der Waals surface area contributed by atoms with Gasteiger partial charge in [-0.15, -0.1) is 0 Å². The molecule has 2 N–H and O–H groups in total. The summed E-state index contributed by atoms with van der Waals surface area (Å²) in [6, 6.07) is 3.19. The summed E-state index contributed by atoms with van der Waals surface area (Å²) in [6.45, 7) is 1.24. The maximum Gasteiger partial charge on any atom is 0.139 e. The fourth-order valence-corrected chi connectivity index (χ4v) is 1.63. The summed E-state index contributed by atoms with van der Waals surface area (Å²) >= 11 is 17.5. The number of benzene rings is 1. The highest BCUT2D eigenvalue weighted by molar-refractivity contribution is 6.43. The molecule has 0 amide bonds. The van der Waals surface area contributed by atoms with Gasteiger partial charge in [0.25, 0.3) is 0 Å². The van der Waals surface area contributed by atoms with E-state index < -0.39 is 0 Å². The van der Waals surface area contributed by atoms with E-state index in [-0.39, 0.29) is 0 Å². The van der Waals surface area contributed by atoms with E-state index in [0.29, 0.717) is 34.0 Å². The molecule has 0 spiro atoms. The van der Waals surface area contributed by atoms with E-state index in [4.69, 9.17) is 45.3 Å². The van der Waals surface area contributed by atoms with Crippen LogP contribution in [0.15, 0.2) is 12.1 Å². The molecule has 0 atom stereocenters. The molecule has 0 saturated carbocycles. The molecule has 0 radical (unpaired) electrons. The molecule has 1 rings (SSSR count). The van der Waals surface area contributed by atoms with Gasteiger partial charge in [-0.1, -0.05) is 34.8 Å². The van der Waals surface area contributed by atoms with Crippen LogP contribution in [0.2, 0.25) is 15.1 Å². The molecule has 1 aromatic rings. The quantitative estimate of drug-likeness (QED) is 0.652. The van der Waals surface area contributed by atoms with Crippen molar-refractivity contribution in [3.8, 4) is 5.75 Å². The predicted octanol–water partition coefficient (Wildman–Crippen LogP) is 3.76. The first kappa shape index (κ1) is 12.9. The Morgan fingerprint density at radius 3 is 2.33 bits per heavy atom. The van der Waals surface area contributed by atoms with Gasteiger partial charge in [0.2, 0.25) is 0 Å². The zero-order valence-corrected chi connectivity index (χ0v) is 10.4. The molecule has 0 heterocycles. The van der Waals surface area contributed by atoms with E-state index in [1.165, 1.54) is 0 Å². The molecule has 1 aromatic carbocycles. The highest BCUT2D eigenvalue weighted by Crippen LogP contribution is 2.33. The molecule has 2 nitrogen and oxygen atoms in total. The lowest BCUT2D eigenvalue weighted by molar-refractivity contribution is 0.308. The average Bonchev–Trinajstić information content (AvgIpc) is 2.20. The predicted molar refractivity (Wildman–Crippen MR) is 65.3 cm³/mol. The fraction of sp³-hybridized carbons (Fsp3) is 0.400. The van der Waals surface area contributed by atoms with Crippen molar-refractivity contribution < 1.29 is 4.74 Å². The largest absolute Gasteiger partial charge is 0.492 e. The molecule has 0 unspecified atom stereocenters. The summed E-state index contributed by atoms with van der Waals surface area (Å²) in [5.41, 5.74) is 5.36. The molecule has 0 saturated heterocycles. The average molecular weight is 269 g/mol. The minimum atomic E-state index is 0.427. The SMILES string of the molecule is NCCCCOc1cc(Cl)c(Cl)cc1Cl. The molecule has 84 valence electrons. The Kier molecular flexibility index (Phi) is 5.54. The first-order valence-electron chi connectivity index (χ1n) is 4.62. The lowest BCUT2D eigenvalue weighted by atomic mass is 10.3. The van der Waals surface area contributed by atoms with Crippen molar-refractivity contribution in [1.82, 2.24) is 0 Å². The Bertz CT molecular complexity index is 331. The number of unbranched alkanes of at least 4 members (excludes halogenated alkanes) is 1. The minimum absolute atomic E-state index is 0.427. The monoisotopic (exact) mass is 267 g/mol. The van der Waals surface area contributed by atoms with Gasteiger partial charge in [-0.05, 0) is 25.5 Å². The number of rotatable bonds is 5. The van der Waals surface area contributed by atoms with Gasteiger partial charge < -0.3 is 10.5 Å². The van der Waals surface area contributed by atoms with Crippen molar-refractivity contribution in [3.63, 3.8) is 0 Å². The van der Waals surface area contributed by atoms with Crippen LogP contribution in [-0.4, -0.2) is 13.2 Å². The lowest BCUT2D eigenvalue weighted by Crippen LogP contribution is -2.03. The molecule has 5 heteroatoms. The van der Waals surface area contributed by atoms with Crippen LogP contribution in [0.4, 0.5) is 0 Å². The van der Waals surface area contributed by atoms with E-state index in [2.05, 4.69) is 0 Å². The molecule has 0 bridgehead atoms. The second kappa shape index (κ2) is 6.44. The second-order valence-electron chi connectivity index (χ2n) is 3.04.